The quantitative estimate of drug-likeness (QED) is 0.356. The standard InChI is InChI=1S/C25H18ClNO5/c26-17-7-4-8-18(14-17)27-22(15-5-2-1-3-6-15)21(24(29)25(27)30)23(28)16-9-10-19-20(13-16)32-12-11-31-19/h1-10,13-14,22,28H,11-12H2/b23-21-. The minimum atomic E-state index is -0.817. The summed E-state index contributed by atoms with van der Waals surface area (Å²) in [6.07, 6.45) is 0. The highest BCUT2D eigenvalue weighted by molar-refractivity contribution is 6.51. The number of ether oxygens (including phenoxy) is 2. The van der Waals surface area contributed by atoms with E-state index in [1.807, 2.05) is 30.3 Å². The number of ketones is 1. The van der Waals surface area contributed by atoms with Gasteiger partial charge in [0, 0.05) is 16.3 Å². The molecule has 1 saturated heterocycles. The lowest BCUT2D eigenvalue weighted by Crippen LogP contribution is -2.29. The van der Waals surface area contributed by atoms with Gasteiger partial charge in [-0.2, -0.15) is 0 Å². The van der Waals surface area contributed by atoms with Crippen molar-refractivity contribution in [1.82, 2.24) is 0 Å². The van der Waals surface area contributed by atoms with Crippen molar-refractivity contribution in [1.29, 1.82) is 0 Å². The molecular formula is C25H18ClNO5. The molecule has 2 aliphatic heterocycles. The van der Waals surface area contributed by atoms with Gasteiger partial charge in [-0.05, 0) is 42.0 Å². The second kappa shape index (κ2) is 8.05. The van der Waals surface area contributed by atoms with E-state index in [2.05, 4.69) is 0 Å². The summed E-state index contributed by atoms with van der Waals surface area (Å²) in [4.78, 5) is 27.7. The number of hydrogen-bond donors (Lipinski definition) is 1. The van der Waals surface area contributed by atoms with E-state index in [0.29, 0.717) is 46.5 Å². The van der Waals surface area contributed by atoms with Crippen molar-refractivity contribution < 1.29 is 24.2 Å². The summed E-state index contributed by atoms with van der Waals surface area (Å²) in [6, 6.07) is 19.9. The normalized spacial score (nSPS) is 19.3. The van der Waals surface area contributed by atoms with Crippen LogP contribution < -0.4 is 14.4 Å². The third-order valence-corrected chi connectivity index (χ3v) is 5.70. The van der Waals surface area contributed by atoms with E-state index < -0.39 is 17.7 Å². The van der Waals surface area contributed by atoms with E-state index in [0.717, 1.165) is 0 Å². The number of amides is 1. The Hall–Kier alpha value is -3.77. The molecule has 2 heterocycles. The first-order valence-electron chi connectivity index (χ1n) is 10.1. The summed E-state index contributed by atoms with van der Waals surface area (Å²) in [6.45, 7) is 0.831. The second-order valence-corrected chi connectivity index (χ2v) is 7.85. The first-order chi connectivity index (χ1) is 15.5. The maximum Gasteiger partial charge on any atom is 0.300 e. The van der Waals surface area contributed by atoms with Gasteiger partial charge < -0.3 is 14.6 Å². The number of benzene rings is 3. The Morgan fingerprint density at radius 1 is 0.906 bits per heavy atom. The van der Waals surface area contributed by atoms with Crippen molar-refractivity contribution in [3.8, 4) is 11.5 Å². The van der Waals surface area contributed by atoms with Crippen LogP contribution in [0.25, 0.3) is 5.76 Å². The molecule has 0 spiro atoms. The molecule has 0 aliphatic carbocycles. The number of carbonyl (C=O) groups excluding carboxylic acids is 2. The van der Waals surface area contributed by atoms with Gasteiger partial charge in [0.1, 0.15) is 19.0 Å². The molecule has 3 aromatic carbocycles. The van der Waals surface area contributed by atoms with Gasteiger partial charge in [-0.25, -0.2) is 0 Å². The van der Waals surface area contributed by atoms with E-state index in [4.69, 9.17) is 21.1 Å². The number of aliphatic hydroxyl groups is 1. The number of fused-ring (bicyclic) bond motifs is 1. The van der Waals surface area contributed by atoms with Crippen LogP contribution in [0.5, 0.6) is 11.5 Å². The highest BCUT2D eigenvalue weighted by atomic mass is 35.5. The van der Waals surface area contributed by atoms with Crippen LogP contribution in [0.1, 0.15) is 17.2 Å². The highest BCUT2D eigenvalue weighted by Gasteiger charge is 2.47. The van der Waals surface area contributed by atoms with Crippen LogP contribution in [0.15, 0.2) is 78.4 Å². The number of hydrogen-bond acceptors (Lipinski definition) is 5. The van der Waals surface area contributed by atoms with Crippen LogP contribution in [0.3, 0.4) is 0 Å². The first-order valence-corrected chi connectivity index (χ1v) is 10.4. The summed E-state index contributed by atoms with van der Waals surface area (Å²) < 4.78 is 11.1. The van der Waals surface area contributed by atoms with Crippen LogP contribution in [0.4, 0.5) is 5.69 Å². The predicted octanol–water partition coefficient (Wildman–Crippen LogP) is 4.74. The smallest absolute Gasteiger partial charge is 0.300 e. The maximum atomic E-state index is 13.2. The summed E-state index contributed by atoms with van der Waals surface area (Å²) in [5, 5.41) is 11.7. The fraction of sp³-hybridized carbons (Fsp3) is 0.120. The molecule has 0 saturated carbocycles. The number of anilines is 1. The Kier molecular flexibility index (Phi) is 5.07. The van der Waals surface area contributed by atoms with E-state index >= 15 is 0 Å². The van der Waals surface area contributed by atoms with Gasteiger partial charge in [0.05, 0.1) is 11.6 Å². The molecule has 2 aliphatic rings. The zero-order valence-corrected chi connectivity index (χ0v) is 17.6. The molecule has 0 aromatic heterocycles. The van der Waals surface area contributed by atoms with Crippen molar-refractivity contribution >= 4 is 34.7 Å². The van der Waals surface area contributed by atoms with E-state index in [9.17, 15) is 14.7 Å². The molecule has 0 radical (unpaired) electrons. The fourth-order valence-electron chi connectivity index (χ4n) is 4.02. The number of halogens is 1. The van der Waals surface area contributed by atoms with Crippen molar-refractivity contribution in [2.24, 2.45) is 0 Å². The molecular weight excluding hydrogens is 430 g/mol. The zero-order chi connectivity index (χ0) is 22.2. The second-order valence-electron chi connectivity index (χ2n) is 7.42. The Morgan fingerprint density at radius 3 is 2.41 bits per heavy atom. The number of rotatable bonds is 3. The maximum absolute atomic E-state index is 13.2. The van der Waals surface area contributed by atoms with Crippen molar-refractivity contribution in [2.75, 3.05) is 18.1 Å². The Bertz CT molecular complexity index is 1250. The third-order valence-electron chi connectivity index (χ3n) is 5.46. The molecule has 6 nitrogen and oxygen atoms in total. The molecule has 1 N–H and O–H groups in total. The van der Waals surface area contributed by atoms with Gasteiger partial charge in [-0.1, -0.05) is 48.0 Å². The molecule has 1 fully saturated rings. The minimum absolute atomic E-state index is 0.00199. The van der Waals surface area contributed by atoms with Gasteiger partial charge >= 0.3 is 0 Å². The van der Waals surface area contributed by atoms with Gasteiger partial charge in [-0.15, -0.1) is 0 Å². The lowest BCUT2D eigenvalue weighted by atomic mass is 9.95. The lowest BCUT2D eigenvalue weighted by Gasteiger charge is -2.25. The fourth-order valence-corrected chi connectivity index (χ4v) is 4.21. The molecule has 1 unspecified atom stereocenters. The predicted molar refractivity (Wildman–Crippen MR) is 120 cm³/mol. The molecule has 160 valence electrons. The summed E-state index contributed by atoms with van der Waals surface area (Å²) >= 11 is 6.15. The Morgan fingerprint density at radius 2 is 1.66 bits per heavy atom. The van der Waals surface area contributed by atoms with Crippen LogP contribution in [-0.4, -0.2) is 30.0 Å². The van der Waals surface area contributed by atoms with E-state index in [1.54, 1.807) is 42.5 Å². The van der Waals surface area contributed by atoms with Crippen molar-refractivity contribution in [3.05, 3.63) is 94.5 Å². The summed E-state index contributed by atoms with van der Waals surface area (Å²) in [5.74, 6) is -0.752. The van der Waals surface area contributed by atoms with Crippen LogP contribution in [0.2, 0.25) is 5.02 Å². The third kappa shape index (κ3) is 3.39. The number of aliphatic hydroxyl groups excluding tert-OH is 1. The van der Waals surface area contributed by atoms with Gasteiger partial charge in [-0.3, -0.25) is 14.5 Å². The average Bonchev–Trinajstić information content (AvgIpc) is 3.09. The SMILES string of the molecule is O=C1C(=O)N(c2cccc(Cl)c2)C(c2ccccc2)/C1=C(/O)c1ccc2c(c1)OCCO2. The van der Waals surface area contributed by atoms with Crippen LogP contribution in [0, 0.1) is 0 Å². The van der Waals surface area contributed by atoms with E-state index in [1.165, 1.54) is 4.90 Å². The van der Waals surface area contributed by atoms with Gasteiger partial charge in [0.15, 0.2) is 11.5 Å². The van der Waals surface area contributed by atoms with Crippen LogP contribution >= 0.6 is 11.6 Å². The Labute approximate surface area is 189 Å². The average molecular weight is 448 g/mol. The van der Waals surface area contributed by atoms with E-state index in [-0.39, 0.29) is 11.3 Å². The van der Waals surface area contributed by atoms with Crippen molar-refractivity contribution in [3.63, 3.8) is 0 Å². The topological polar surface area (TPSA) is 76.1 Å². The zero-order valence-electron chi connectivity index (χ0n) is 16.8. The molecule has 0 bridgehead atoms. The molecule has 1 amide bonds. The summed E-state index contributed by atoms with van der Waals surface area (Å²) in [5.41, 5.74) is 1.51. The van der Waals surface area contributed by atoms with Crippen LogP contribution in [-0.2, 0) is 9.59 Å². The number of Topliss-reactive ketones (excluding diaryl/α,β-unsaturated/α-hetero) is 1. The molecule has 3 aromatic rings. The number of nitrogens with zero attached hydrogens (tertiary/aromatic N) is 1. The first kappa shape index (κ1) is 20.2. The largest absolute Gasteiger partial charge is 0.507 e. The Balaban J connectivity index is 1.69. The van der Waals surface area contributed by atoms with Gasteiger partial charge in [0.2, 0.25) is 0 Å². The highest BCUT2D eigenvalue weighted by Crippen LogP contribution is 2.43. The van der Waals surface area contributed by atoms with Gasteiger partial charge in [0.25, 0.3) is 11.7 Å². The minimum Gasteiger partial charge on any atom is -0.507 e. The molecule has 32 heavy (non-hydrogen) atoms. The summed E-state index contributed by atoms with van der Waals surface area (Å²) in [7, 11) is 0. The van der Waals surface area contributed by atoms with Crippen molar-refractivity contribution in [2.45, 2.75) is 6.04 Å². The molecule has 5 rings (SSSR count). The molecule has 7 heteroatoms. The number of carbonyl (C=O) groups is 2. The lowest BCUT2D eigenvalue weighted by molar-refractivity contribution is -0.132. The molecule has 1 atom stereocenters. The monoisotopic (exact) mass is 447 g/mol.